The van der Waals surface area contributed by atoms with Crippen LogP contribution in [0, 0.1) is 16.0 Å². The van der Waals surface area contributed by atoms with Crippen LogP contribution in [0.5, 0.6) is 11.5 Å². The molecular weight excluding hydrogens is 302 g/mol. The first kappa shape index (κ1) is 18.7. The Hall–Kier alpha value is -2.35. The Morgan fingerprint density at radius 2 is 1.87 bits per heavy atom. The van der Waals surface area contributed by atoms with Crippen molar-refractivity contribution in [2.45, 2.75) is 26.3 Å². The molecule has 1 aromatic rings. The number of hydrogen-bond donors (Lipinski definition) is 2. The predicted molar refractivity (Wildman–Crippen MR) is 85.7 cm³/mol. The summed E-state index contributed by atoms with van der Waals surface area (Å²) >= 11 is 0. The molecule has 1 amide bonds. The van der Waals surface area contributed by atoms with Crippen molar-refractivity contribution in [2.75, 3.05) is 20.8 Å². The molecule has 3 N–H and O–H groups in total. The lowest BCUT2D eigenvalue weighted by atomic mass is 10.0. The van der Waals surface area contributed by atoms with Crippen molar-refractivity contribution < 1.29 is 19.2 Å². The number of nitrogens with one attached hydrogen (secondary N) is 1. The number of methoxy groups -OCH3 is 2. The number of carbonyl (C=O) groups excluding carboxylic acids is 1. The van der Waals surface area contributed by atoms with E-state index < -0.39 is 11.0 Å². The number of nitro groups is 1. The van der Waals surface area contributed by atoms with Gasteiger partial charge in [0.2, 0.25) is 5.91 Å². The van der Waals surface area contributed by atoms with Gasteiger partial charge in [-0.1, -0.05) is 13.8 Å². The van der Waals surface area contributed by atoms with Crippen molar-refractivity contribution in [3.8, 4) is 11.5 Å². The molecule has 128 valence electrons. The summed E-state index contributed by atoms with van der Waals surface area (Å²) in [6.07, 6.45) is 0.285. The molecule has 0 aliphatic rings. The van der Waals surface area contributed by atoms with Crippen LogP contribution in [-0.4, -0.2) is 37.6 Å². The maximum atomic E-state index is 11.8. The molecule has 8 heteroatoms. The van der Waals surface area contributed by atoms with Gasteiger partial charge in [-0.15, -0.1) is 0 Å². The average Bonchev–Trinajstić information content (AvgIpc) is 2.52. The van der Waals surface area contributed by atoms with Crippen molar-refractivity contribution in [3.63, 3.8) is 0 Å². The van der Waals surface area contributed by atoms with Gasteiger partial charge < -0.3 is 20.5 Å². The molecule has 23 heavy (non-hydrogen) atoms. The first-order valence-corrected chi connectivity index (χ1v) is 7.24. The molecule has 0 saturated heterocycles. The summed E-state index contributed by atoms with van der Waals surface area (Å²) in [5.41, 5.74) is 6.12. The second kappa shape index (κ2) is 8.33. The Morgan fingerprint density at radius 3 is 2.35 bits per heavy atom. The largest absolute Gasteiger partial charge is 0.493 e. The Labute approximate surface area is 135 Å². The smallest absolute Gasteiger partial charge is 0.276 e. The molecule has 0 bridgehead atoms. The number of amides is 1. The van der Waals surface area contributed by atoms with Crippen LogP contribution in [0.2, 0.25) is 0 Å². The summed E-state index contributed by atoms with van der Waals surface area (Å²) in [7, 11) is 2.87. The molecule has 0 radical (unpaired) electrons. The maximum absolute atomic E-state index is 11.8. The summed E-state index contributed by atoms with van der Waals surface area (Å²) in [6, 6.07) is 2.26. The molecule has 8 nitrogen and oxygen atoms in total. The van der Waals surface area contributed by atoms with E-state index in [1.807, 2.05) is 13.8 Å². The zero-order valence-electron chi connectivity index (χ0n) is 13.8. The predicted octanol–water partition coefficient (Wildman–Crippen LogP) is 1.25. The van der Waals surface area contributed by atoms with E-state index in [0.29, 0.717) is 11.3 Å². The number of nitrogens with zero attached hydrogens (tertiary/aromatic N) is 1. The quantitative estimate of drug-likeness (QED) is 0.549. The Morgan fingerprint density at radius 1 is 1.30 bits per heavy atom. The van der Waals surface area contributed by atoms with E-state index in [0.717, 1.165) is 0 Å². The first-order chi connectivity index (χ1) is 10.8. The fourth-order valence-corrected chi connectivity index (χ4v) is 2.02. The van der Waals surface area contributed by atoms with Crippen LogP contribution in [0.4, 0.5) is 5.69 Å². The van der Waals surface area contributed by atoms with E-state index in [2.05, 4.69) is 5.32 Å². The van der Waals surface area contributed by atoms with Gasteiger partial charge in [0, 0.05) is 12.1 Å². The fourth-order valence-electron chi connectivity index (χ4n) is 2.02. The van der Waals surface area contributed by atoms with E-state index >= 15 is 0 Å². The molecule has 0 saturated carbocycles. The molecule has 0 aliphatic heterocycles. The molecule has 0 aromatic heterocycles. The second-order valence-corrected chi connectivity index (χ2v) is 5.40. The second-order valence-electron chi connectivity index (χ2n) is 5.40. The van der Waals surface area contributed by atoms with Crippen LogP contribution in [-0.2, 0) is 11.2 Å². The van der Waals surface area contributed by atoms with Gasteiger partial charge in [0.1, 0.15) is 0 Å². The average molecular weight is 325 g/mol. The summed E-state index contributed by atoms with van der Waals surface area (Å²) < 4.78 is 10.2. The number of nitrogens with two attached hydrogens (primary N) is 1. The van der Waals surface area contributed by atoms with E-state index in [1.54, 1.807) is 6.07 Å². The van der Waals surface area contributed by atoms with Crippen LogP contribution in [0.25, 0.3) is 0 Å². The van der Waals surface area contributed by atoms with Gasteiger partial charge in [0.15, 0.2) is 11.5 Å². The summed E-state index contributed by atoms with van der Waals surface area (Å²) in [6.45, 7) is 3.95. The molecule has 0 fully saturated rings. The standard InChI is InChI=1S/C15H23N3O5/c1-9(2)14(16)15(19)17-6-5-10-7-12(22-3)13(23-4)8-11(10)18(20)21/h7-9,14H,5-6,16H2,1-4H3,(H,17,19)/t14-/m0/s1. The lowest BCUT2D eigenvalue weighted by molar-refractivity contribution is -0.385. The highest BCUT2D eigenvalue weighted by molar-refractivity contribution is 5.81. The van der Waals surface area contributed by atoms with E-state index in [1.165, 1.54) is 20.3 Å². The molecule has 0 aliphatic carbocycles. The van der Waals surface area contributed by atoms with Crippen LogP contribution in [0.3, 0.4) is 0 Å². The van der Waals surface area contributed by atoms with Crippen molar-refractivity contribution in [2.24, 2.45) is 11.7 Å². The van der Waals surface area contributed by atoms with E-state index in [-0.39, 0.29) is 36.2 Å². The number of ether oxygens (including phenoxy) is 2. The minimum Gasteiger partial charge on any atom is -0.493 e. The third kappa shape index (κ3) is 4.82. The zero-order valence-corrected chi connectivity index (χ0v) is 13.8. The highest BCUT2D eigenvalue weighted by Gasteiger charge is 2.20. The summed E-state index contributed by atoms with van der Waals surface area (Å²) in [5.74, 6) is 0.431. The first-order valence-electron chi connectivity index (χ1n) is 7.24. The third-order valence-corrected chi connectivity index (χ3v) is 3.50. The van der Waals surface area contributed by atoms with Gasteiger partial charge in [0.25, 0.3) is 5.69 Å². The van der Waals surface area contributed by atoms with Crippen molar-refractivity contribution in [1.29, 1.82) is 0 Å². The van der Waals surface area contributed by atoms with Gasteiger partial charge in [-0.2, -0.15) is 0 Å². The molecule has 0 spiro atoms. The monoisotopic (exact) mass is 325 g/mol. The SMILES string of the molecule is COc1cc(CCNC(=O)[C@@H](N)C(C)C)c([N+](=O)[O-])cc1OC. The highest BCUT2D eigenvalue weighted by atomic mass is 16.6. The Kier molecular flexibility index (Phi) is 6.77. The van der Waals surface area contributed by atoms with Crippen LogP contribution in [0.15, 0.2) is 12.1 Å². The molecule has 1 atom stereocenters. The number of hydrogen-bond acceptors (Lipinski definition) is 6. The highest BCUT2D eigenvalue weighted by Crippen LogP contribution is 2.34. The molecule has 1 aromatic carbocycles. The van der Waals surface area contributed by atoms with Gasteiger partial charge in [-0.05, 0) is 18.4 Å². The van der Waals surface area contributed by atoms with Crippen LogP contribution < -0.4 is 20.5 Å². The van der Waals surface area contributed by atoms with E-state index in [9.17, 15) is 14.9 Å². The van der Waals surface area contributed by atoms with Crippen LogP contribution in [0.1, 0.15) is 19.4 Å². The van der Waals surface area contributed by atoms with Crippen molar-refractivity contribution in [3.05, 3.63) is 27.8 Å². The minimum absolute atomic E-state index is 0.0189. The lowest BCUT2D eigenvalue weighted by Gasteiger charge is -2.15. The van der Waals surface area contributed by atoms with Gasteiger partial charge in [-0.25, -0.2) is 0 Å². The maximum Gasteiger partial charge on any atom is 0.276 e. The van der Waals surface area contributed by atoms with Crippen molar-refractivity contribution >= 4 is 11.6 Å². The summed E-state index contributed by atoms with van der Waals surface area (Å²) in [5, 5.41) is 13.9. The molecule has 1 rings (SSSR count). The fraction of sp³-hybridized carbons (Fsp3) is 0.533. The van der Waals surface area contributed by atoms with Crippen molar-refractivity contribution in [1.82, 2.24) is 5.32 Å². The molecule has 0 heterocycles. The normalized spacial score (nSPS) is 11.9. The van der Waals surface area contributed by atoms with E-state index in [4.69, 9.17) is 15.2 Å². The third-order valence-electron chi connectivity index (χ3n) is 3.50. The number of nitro benzene ring substituents is 1. The molecule has 0 unspecified atom stereocenters. The molecular formula is C15H23N3O5. The Balaban J connectivity index is 2.87. The summed E-state index contributed by atoms with van der Waals surface area (Å²) in [4.78, 5) is 22.5. The van der Waals surface area contributed by atoms with Gasteiger partial charge >= 0.3 is 0 Å². The number of carbonyl (C=O) groups is 1. The topological polar surface area (TPSA) is 117 Å². The number of rotatable bonds is 8. The zero-order chi connectivity index (χ0) is 17.6. The Bertz CT molecular complexity index is 574. The lowest BCUT2D eigenvalue weighted by Crippen LogP contribution is -2.44. The number of benzene rings is 1. The minimum atomic E-state index is -0.601. The van der Waals surface area contributed by atoms with Gasteiger partial charge in [-0.3, -0.25) is 14.9 Å². The van der Waals surface area contributed by atoms with Crippen LogP contribution >= 0.6 is 0 Å². The van der Waals surface area contributed by atoms with Gasteiger partial charge in [0.05, 0.1) is 31.3 Å².